The molecule has 0 bridgehead atoms. The highest BCUT2D eigenvalue weighted by Gasteiger charge is 2.27. The molecule has 0 aliphatic rings. The second-order valence-corrected chi connectivity index (χ2v) is 5.91. The molecule has 126 valence electrons. The van der Waals surface area contributed by atoms with Crippen LogP contribution in [0.4, 0.5) is 13.2 Å². The van der Waals surface area contributed by atoms with E-state index in [2.05, 4.69) is 25.3 Å². The number of halogens is 3. The van der Waals surface area contributed by atoms with Crippen molar-refractivity contribution in [2.45, 2.75) is 33.0 Å². The number of thiazole rings is 1. The quantitative estimate of drug-likeness (QED) is 0.455. The third-order valence-corrected chi connectivity index (χ3v) is 3.80. The maximum atomic E-state index is 11.9. The molecule has 0 atom stereocenters. The maximum absolute atomic E-state index is 11.9. The number of aliphatic imine (C=N–C) groups is 1. The van der Waals surface area contributed by atoms with Crippen molar-refractivity contribution >= 4 is 17.3 Å². The zero-order valence-corrected chi connectivity index (χ0v) is 13.7. The van der Waals surface area contributed by atoms with Gasteiger partial charge in [-0.3, -0.25) is 4.99 Å². The molecule has 0 fully saturated rings. The Bertz CT molecular complexity index is 469. The lowest BCUT2D eigenvalue weighted by Crippen LogP contribution is -2.37. The average molecular weight is 338 g/mol. The molecule has 0 saturated carbocycles. The molecule has 1 heterocycles. The molecule has 9 heteroatoms. The van der Waals surface area contributed by atoms with Crippen LogP contribution in [0.15, 0.2) is 4.99 Å². The molecule has 2 N–H and O–H groups in total. The first kappa shape index (κ1) is 18.7. The first-order valence-corrected chi connectivity index (χ1v) is 7.65. The van der Waals surface area contributed by atoms with Crippen molar-refractivity contribution in [2.75, 3.05) is 26.8 Å². The van der Waals surface area contributed by atoms with E-state index in [4.69, 9.17) is 0 Å². The fraction of sp³-hybridized carbons (Fsp3) is 0.692. The summed E-state index contributed by atoms with van der Waals surface area (Å²) in [5.41, 5.74) is 1.02. The highest BCUT2D eigenvalue weighted by Crippen LogP contribution is 2.16. The normalized spacial score (nSPS) is 12.5. The minimum atomic E-state index is -4.27. The van der Waals surface area contributed by atoms with Crippen molar-refractivity contribution in [3.05, 3.63) is 15.6 Å². The van der Waals surface area contributed by atoms with Gasteiger partial charge in [-0.15, -0.1) is 11.3 Å². The van der Waals surface area contributed by atoms with Gasteiger partial charge in [-0.2, -0.15) is 13.2 Å². The van der Waals surface area contributed by atoms with Crippen molar-refractivity contribution in [3.8, 4) is 0 Å². The fourth-order valence-corrected chi connectivity index (χ4v) is 2.44. The molecule has 5 nitrogen and oxygen atoms in total. The zero-order chi connectivity index (χ0) is 16.6. The largest absolute Gasteiger partial charge is 0.411 e. The molecule has 1 aromatic rings. The summed E-state index contributed by atoms with van der Waals surface area (Å²) >= 11 is 1.62. The lowest BCUT2D eigenvalue weighted by atomic mass is 10.4. The number of guanidine groups is 1. The lowest BCUT2D eigenvalue weighted by Gasteiger charge is -2.11. The van der Waals surface area contributed by atoms with Crippen LogP contribution >= 0.6 is 11.3 Å². The SMILES string of the molecule is CN=C(NCCCOCC(F)(F)F)NCc1nc(C)c(C)s1. The molecule has 22 heavy (non-hydrogen) atoms. The van der Waals surface area contributed by atoms with Crippen molar-refractivity contribution in [2.24, 2.45) is 4.99 Å². The van der Waals surface area contributed by atoms with Crippen LogP contribution < -0.4 is 10.6 Å². The number of hydrogen-bond donors (Lipinski definition) is 2. The van der Waals surface area contributed by atoms with Gasteiger partial charge >= 0.3 is 6.18 Å². The first-order valence-electron chi connectivity index (χ1n) is 6.83. The molecule has 0 radical (unpaired) electrons. The summed E-state index contributed by atoms with van der Waals surface area (Å²) < 4.78 is 40.1. The Morgan fingerprint density at radius 3 is 2.59 bits per heavy atom. The smallest absolute Gasteiger partial charge is 0.372 e. The van der Waals surface area contributed by atoms with E-state index in [0.717, 1.165) is 10.7 Å². The Morgan fingerprint density at radius 1 is 1.32 bits per heavy atom. The average Bonchev–Trinajstić information content (AvgIpc) is 2.75. The molecular weight excluding hydrogens is 317 g/mol. The Kier molecular flexibility index (Phi) is 7.60. The Balaban J connectivity index is 2.18. The van der Waals surface area contributed by atoms with Gasteiger partial charge in [0, 0.05) is 25.1 Å². The van der Waals surface area contributed by atoms with Gasteiger partial charge in [-0.25, -0.2) is 4.98 Å². The van der Waals surface area contributed by atoms with Crippen molar-refractivity contribution in [1.29, 1.82) is 0 Å². The highest BCUT2D eigenvalue weighted by molar-refractivity contribution is 7.11. The van der Waals surface area contributed by atoms with E-state index in [0.29, 0.717) is 25.5 Å². The number of nitrogens with one attached hydrogen (secondary N) is 2. The number of rotatable bonds is 7. The van der Waals surface area contributed by atoms with Gasteiger partial charge in [0.15, 0.2) is 5.96 Å². The number of ether oxygens (including phenoxy) is 1. The summed E-state index contributed by atoms with van der Waals surface area (Å²) in [6.07, 6.45) is -3.80. The third kappa shape index (κ3) is 7.60. The van der Waals surface area contributed by atoms with E-state index >= 15 is 0 Å². The van der Waals surface area contributed by atoms with Gasteiger partial charge in [0.05, 0.1) is 12.2 Å². The number of hydrogen-bond acceptors (Lipinski definition) is 4. The molecule has 0 saturated heterocycles. The molecular formula is C13H21F3N4OS. The molecule has 0 unspecified atom stereocenters. The van der Waals surface area contributed by atoms with Gasteiger partial charge in [0.2, 0.25) is 0 Å². The Morgan fingerprint density at radius 2 is 2.05 bits per heavy atom. The second kappa shape index (κ2) is 8.94. The molecule has 0 aliphatic heterocycles. The van der Waals surface area contributed by atoms with E-state index in [1.54, 1.807) is 18.4 Å². The van der Waals surface area contributed by atoms with Crippen LogP contribution in [-0.4, -0.2) is 43.9 Å². The Labute approximate surface area is 132 Å². The monoisotopic (exact) mass is 338 g/mol. The lowest BCUT2D eigenvalue weighted by molar-refractivity contribution is -0.173. The van der Waals surface area contributed by atoms with Crippen molar-refractivity contribution in [3.63, 3.8) is 0 Å². The van der Waals surface area contributed by atoms with E-state index in [-0.39, 0.29) is 6.61 Å². The van der Waals surface area contributed by atoms with Crippen LogP contribution in [-0.2, 0) is 11.3 Å². The van der Waals surface area contributed by atoms with Crippen molar-refractivity contribution in [1.82, 2.24) is 15.6 Å². The summed E-state index contributed by atoms with van der Waals surface area (Å²) in [4.78, 5) is 9.63. The molecule has 0 aliphatic carbocycles. The first-order chi connectivity index (χ1) is 10.3. The number of alkyl halides is 3. The summed E-state index contributed by atoms with van der Waals surface area (Å²) in [6.45, 7) is 3.86. The molecule has 0 spiro atoms. The topological polar surface area (TPSA) is 58.5 Å². The summed E-state index contributed by atoms with van der Waals surface area (Å²) in [5.74, 6) is 0.585. The number of nitrogens with zero attached hydrogens (tertiary/aromatic N) is 2. The van der Waals surface area contributed by atoms with Crippen LogP contribution in [0.3, 0.4) is 0 Å². The van der Waals surface area contributed by atoms with Gasteiger partial charge < -0.3 is 15.4 Å². The van der Waals surface area contributed by atoms with E-state index in [1.165, 1.54) is 4.88 Å². The number of aromatic nitrogens is 1. The van der Waals surface area contributed by atoms with Crippen LogP contribution in [0.5, 0.6) is 0 Å². The van der Waals surface area contributed by atoms with Crippen LogP contribution in [0.25, 0.3) is 0 Å². The minimum Gasteiger partial charge on any atom is -0.372 e. The van der Waals surface area contributed by atoms with E-state index < -0.39 is 12.8 Å². The van der Waals surface area contributed by atoms with Crippen LogP contribution in [0.2, 0.25) is 0 Å². The predicted octanol–water partition coefficient (Wildman–Crippen LogP) is 2.39. The summed E-state index contributed by atoms with van der Waals surface area (Å²) in [5, 5.41) is 7.08. The molecule has 0 aromatic carbocycles. The maximum Gasteiger partial charge on any atom is 0.411 e. The standard InChI is InChI=1S/C13H21F3N4OS/c1-9-10(2)22-11(20-9)7-19-12(17-3)18-5-4-6-21-8-13(14,15)16/h4-8H2,1-3H3,(H2,17,18,19). The fourth-order valence-electron chi connectivity index (χ4n) is 1.56. The minimum absolute atomic E-state index is 0.0500. The molecule has 1 aromatic heterocycles. The third-order valence-electron chi connectivity index (χ3n) is 2.73. The van der Waals surface area contributed by atoms with E-state index in [1.807, 2.05) is 13.8 Å². The highest BCUT2D eigenvalue weighted by atomic mass is 32.1. The molecule has 0 amide bonds. The second-order valence-electron chi connectivity index (χ2n) is 4.62. The van der Waals surface area contributed by atoms with Crippen LogP contribution in [0.1, 0.15) is 22.0 Å². The van der Waals surface area contributed by atoms with Gasteiger partial charge in [0.1, 0.15) is 11.6 Å². The van der Waals surface area contributed by atoms with Gasteiger partial charge in [-0.1, -0.05) is 0 Å². The number of aryl methyl sites for hydroxylation is 2. The van der Waals surface area contributed by atoms with E-state index in [9.17, 15) is 13.2 Å². The summed E-state index contributed by atoms with van der Waals surface area (Å²) in [7, 11) is 1.63. The van der Waals surface area contributed by atoms with Gasteiger partial charge in [0.25, 0.3) is 0 Å². The Hall–Kier alpha value is -1.35. The van der Waals surface area contributed by atoms with Gasteiger partial charge in [-0.05, 0) is 20.3 Å². The summed E-state index contributed by atoms with van der Waals surface area (Å²) in [6, 6.07) is 0. The zero-order valence-electron chi connectivity index (χ0n) is 12.9. The van der Waals surface area contributed by atoms with Crippen LogP contribution in [0, 0.1) is 13.8 Å². The molecule has 1 rings (SSSR count). The van der Waals surface area contributed by atoms with Crippen molar-refractivity contribution < 1.29 is 17.9 Å². The predicted molar refractivity (Wildman–Crippen MR) is 81.3 cm³/mol.